The van der Waals surface area contributed by atoms with Gasteiger partial charge in [0.15, 0.2) is 18.2 Å². The zero-order valence-corrected chi connectivity index (χ0v) is 38.9. The monoisotopic (exact) mass is 908 g/mol. The van der Waals surface area contributed by atoms with Crippen LogP contribution in [-0.4, -0.2) is 143 Å². The SMILES string of the molecule is CC1=CNCC1=O.CC1=NC(=O)CS1.CC1=NOCC1=O.CC1=NSCC1=O.CC1C=NNC1=O.CC1CCCO1.CC1CCCS1.CC1N=CNC1=O.CN1N=CCC1=O. The standard InChI is InChI=1S/C5H7NO.C5H10O.C5H10S.3C4H6N2O.C4H5NO2.2C4H5NOS/c1-4-2-6-3-5(4)7;2*1-5-3-2-4-6-5;1-6-4(7)2-3-5-6;1-3-4(7)6-2-5-3;1-3-2-5-6-4(3)7;1-3-4(6)2-7-5-3;1-3-5-4(6)2-7-3;1-3-4(6)2-7-5-3/h2,6H,3H2,1H3;2*5H,2-4H2,1H3;3H,2H2,1H3;2-3H,1H3,(H,5,6,7);2-3H,1H3,(H,6,7);3*2H2,1H3. The maximum Gasteiger partial charge on any atom is 0.256 e. The minimum Gasteiger partial charge on any atom is -0.387 e. The summed E-state index contributed by atoms with van der Waals surface area (Å²) in [6.07, 6.45) is 12.8. The number of rotatable bonds is 0. The summed E-state index contributed by atoms with van der Waals surface area (Å²) < 4.78 is 8.95. The van der Waals surface area contributed by atoms with Gasteiger partial charge in [-0.15, -0.1) is 11.8 Å². The minimum atomic E-state index is -0.167. The second kappa shape index (κ2) is 31.3. The van der Waals surface area contributed by atoms with Crippen LogP contribution in [0.2, 0.25) is 0 Å². The number of nitrogens with zero attached hydrogens (tertiary/aromatic N) is 7. The molecule has 9 rings (SSSR count). The first kappa shape index (κ1) is 54.5. The van der Waals surface area contributed by atoms with Crippen LogP contribution in [0.25, 0.3) is 0 Å². The van der Waals surface area contributed by atoms with Crippen LogP contribution >= 0.6 is 35.5 Å². The number of Topliss-reactive ketones (excluding diaryl/α,β-unsaturated/α-hetero) is 3. The van der Waals surface area contributed by atoms with Gasteiger partial charge in [-0.2, -0.15) is 22.0 Å². The van der Waals surface area contributed by atoms with Crippen LogP contribution in [0, 0.1) is 5.92 Å². The van der Waals surface area contributed by atoms with Crippen molar-refractivity contribution in [2.75, 3.05) is 44.1 Å². The van der Waals surface area contributed by atoms with E-state index in [2.05, 4.69) is 76.2 Å². The molecule has 2 fully saturated rings. The highest BCUT2D eigenvalue weighted by Crippen LogP contribution is 2.24. The van der Waals surface area contributed by atoms with E-state index >= 15 is 0 Å². The van der Waals surface area contributed by atoms with Crippen molar-refractivity contribution in [2.24, 2.45) is 35.7 Å². The Labute approximate surface area is 370 Å². The topological polar surface area (TPSA) is 251 Å². The fourth-order valence-corrected chi connectivity index (χ4v) is 6.63. The van der Waals surface area contributed by atoms with Crippen molar-refractivity contribution in [1.82, 2.24) is 21.1 Å². The molecule has 338 valence electrons. The number of amides is 4. The lowest BCUT2D eigenvalue weighted by molar-refractivity contribution is -0.127. The first-order valence-corrected chi connectivity index (χ1v) is 22.6. The van der Waals surface area contributed by atoms with E-state index in [1.54, 1.807) is 53.4 Å². The van der Waals surface area contributed by atoms with Gasteiger partial charge in [-0.25, -0.2) is 19.8 Å². The molecule has 0 aromatic heterocycles. The predicted molar refractivity (Wildman–Crippen MR) is 246 cm³/mol. The van der Waals surface area contributed by atoms with Gasteiger partial charge < -0.3 is 20.2 Å². The molecule has 0 aliphatic carbocycles. The van der Waals surface area contributed by atoms with Crippen LogP contribution in [0.5, 0.6) is 0 Å². The fraction of sp³-hybridized carbons (Fsp3) is 0.615. The van der Waals surface area contributed by atoms with Crippen LogP contribution in [0.1, 0.15) is 87.5 Å². The summed E-state index contributed by atoms with van der Waals surface area (Å²) in [6, 6.07) is -0.167. The van der Waals surface area contributed by atoms with E-state index < -0.39 is 0 Å². The number of thioether (sulfide) groups is 2. The van der Waals surface area contributed by atoms with Gasteiger partial charge in [0.1, 0.15) is 11.8 Å². The van der Waals surface area contributed by atoms with E-state index in [-0.39, 0.29) is 59.5 Å². The predicted octanol–water partition coefficient (Wildman–Crippen LogP) is 3.57. The molecular formula is C39H60N10O9S3. The highest BCUT2D eigenvalue weighted by molar-refractivity contribution is 8.14. The molecule has 61 heavy (non-hydrogen) atoms. The molecule has 2 saturated heterocycles. The molecule has 0 aromatic carbocycles. The third-order valence-electron chi connectivity index (χ3n) is 8.28. The zero-order chi connectivity index (χ0) is 45.7. The van der Waals surface area contributed by atoms with Crippen molar-refractivity contribution in [3.63, 3.8) is 0 Å². The van der Waals surface area contributed by atoms with Crippen LogP contribution in [0.3, 0.4) is 0 Å². The Balaban J connectivity index is 0.000000343. The summed E-state index contributed by atoms with van der Waals surface area (Å²) in [7, 11) is 1.64. The van der Waals surface area contributed by atoms with Gasteiger partial charge in [-0.3, -0.25) is 38.6 Å². The zero-order valence-electron chi connectivity index (χ0n) is 36.4. The average molecular weight is 909 g/mol. The summed E-state index contributed by atoms with van der Waals surface area (Å²) in [4.78, 5) is 84.2. The van der Waals surface area contributed by atoms with Gasteiger partial charge in [0, 0.05) is 43.1 Å². The maximum absolute atomic E-state index is 10.4. The van der Waals surface area contributed by atoms with E-state index in [0.717, 1.165) is 22.5 Å². The Kier molecular flexibility index (Phi) is 28.0. The number of ether oxygens (including phenoxy) is 1. The van der Waals surface area contributed by atoms with Crippen molar-refractivity contribution in [1.29, 1.82) is 0 Å². The molecule has 19 nitrogen and oxygen atoms in total. The van der Waals surface area contributed by atoms with E-state index in [0.29, 0.717) is 42.0 Å². The molecule has 3 N–H and O–H groups in total. The van der Waals surface area contributed by atoms with Crippen LogP contribution in [-0.2, 0) is 43.1 Å². The Morgan fingerprint density at radius 3 is 1.75 bits per heavy atom. The first-order chi connectivity index (χ1) is 28.9. The van der Waals surface area contributed by atoms with Crippen molar-refractivity contribution < 1.29 is 43.1 Å². The van der Waals surface area contributed by atoms with Crippen molar-refractivity contribution in [2.45, 2.75) is 105 Å². The molecule has 9 aliphatic rings. The van der Waals surface area contributed by atoms with E-state index in [4.69, 9.17) is 4.74 Å². The largest absolute Gasteiger partial charge is 0.387 e. The summed E-state index contributed by atoms with van der Waals surface area (Å²) in [5.74, 6) is 2.88. The van der Waals surface area contributed by atoms with Gasteiger partial charge >= 0.3 is 0 Å². The van der Waals surface area contributed by atoms with Crippen molar-refractivity contribution in [3.05, 3.63) is 11.8 Å². The van der Waals surface area contributed by atoms with E-state index in [9.17, 15) is 33.6 Å². The molecule has 4 amide bonds. The van der Waals surface area contributed by atoms with Gasteiger partial charge in [0.2, 0.25) is 23.5 Å². The van der Waals surface area contributed by atoms with Gasteiger partial charge in [0.05, 0.1) is 53.6 Å². The minimum absolute atomic E-state index is 0.00231. The molecule has 0 spiro atoms. The Bertz CT molecular complexity index is 1560. The lowest BCUT2D eigenvalue weighted by Crippen LogP contribution is -2.21. The van der Waals surface area contributed by atoms with Gasteiger partial charge in [0.25, 0.3) is 5.91 Å². The van der Waals surface area contributed by atoms with Gasteiger partial charge in [-0.05, 0) is 91.9 Å². The quantitative estimate of drug-likeness (QED) is 0.295. The molecule has 9 aliphatic heterocycles. The molecule has 22 heteroatoms. The number of hydrogen-bond donors (Lipinski definition) is 3. The highest BCUT2D eigenvalue weighted by atomic mass is 32.2. The molecule has 0 bridgehead atoms. The number of carbonyl (C=O) groups is 7. The van der Waals surface area contributed by atoms with Crippen LogP contribution in [0.15, 0.2) is 41.5 Å². The lowest BCUT2D eigenvalue weighted by atomic mass is 10.2. The van der Waals surface area contributed by atoms with Crippen LogP contribution in [0.4, 0.5) is 0 Å². The smallest absolute Gasteiger partial charge is 0.256 e. The number of carbonyl (C=O) groups excluding carboxylic acids is 7. The third-order valence-corrected chi connectivity index (χ3v) is 11.3. The van der Waals surface area contributed by atoms with Crippen molar-refractivity contribution >= 4 is 112 Å². The average Bonchev–Trinajstić information content (AvgIpc) is 4.09. The highest BCUT2D eigenvalue weighted by Gasteiger charge is 2.15. The number of ketones is 3. The summed E-state index contributed by atoms with van der Waals surface area (Å²) in [5.41, 5.74) is 4.26. The fourth-order valence-electron chi connectivity index (χ4n) is 4.31. The van der Waals surface area contributed by atoms with Crippen molar-refractivity contribution in [3.8, 4) is 0 Å². The Hall–Kier alpha value is -4.54. The van der Waals surface area contributed by atoms with Gasteiger partial charge in [-0.1, -0.05) is 12.1 Å². The normalized spacial score (nSPS) is 24.4. The Morgan fingerprint density at radius 2 is 1.61 bits per heavy atom. The molecule has 0 saturated carbocycles. The maximum atomic E-state index is 10.4. The number of hydrazone groups is 2. The first-order valence-electron chi connectivity index (χ1n) is 19.6. The molecule has 0 radical (unpaired) electrons. The molecule has 9 heterocycles. The lowest BCUT2D eigenvalue weighted by Gasteiger charge is -1.98. The summed E-state index contributed by atoms with van der Waals surface area (Å²) >= 11 is 4.93. The van der Waals surface area contributed by atoms with E-state index in [1.165, 1.54) is 66.5 Å². The molecule has 4 unspecified atom stereocenters. The van der Waals surface area contributed by atoms with E-state index in [1.807, 2.05) is 13.8 Å². The molecular weight excluding hydrogens is 849 g/mol. The van der Waals surface area contributed by atoms with Crippen LogP contribution < -0.4 is 16.1 Å². The number of nitrogens with one attached hydrogen (secondary N) is 3. The Morgan fingerprint density at radius 1 is 0.869 bits per heavy atom. The third kappa shape index (κ3) is 25.7. The number of aliphatic imine (C=N–C) groups is 2. The second-order valence-electron chi connectivity index (χ2n) is 13.8. The molecule has 4 atom stereocenters. The number of oxime groups is 1. The summed E-state index contributed by atoms with van der Waals surface area (Å²) in [5, 5.41) is 19.0. The molecule has 0 aromatic rings. The second-order valence-corrected chi connectivity index (χ2v) is 17.2. The summed E-state index contributed by atoms with van der Waals surface area (Å²) in [6.45, 7) is 16.6. The number of hydrogen-bond acceptors (Lipinski definition) is 18.